The number of nitrogens with two attached hydrogens (primary N) is 1. The minimum Gasteiger partial charge on any atom is -0.375 e. The molecule has 4 unspecified atom stereocenters. The SMILES string of the molecule is NC(CC12CC1CN(Cc1ccccc1)C2)NC(=O)C(O)(c1ccccc1)C1CCCCC1. The van der Waals surface area contributed by atoms with Gasteiger partial charge in [0, 0.05) is 25.6 Å². The molecular formula is C28H37N3O2. The van der Waals surface area contributed by atoms with E-state index >= 15 is 0 Å². The topological polar surface area (TPSA) is 78.6 Å². The van der Waals surface area contributed by atoms with E-state index in [4.69, 9.17) is 5.73 Å². The Hall–Kier alpha value is -2.21. The third kappa shape index (κ3) is 4.59. The van der Waals surface area contributed by atoms with Crippen LogP contribution in [0.25, 0.3) is 0 Å². The molecule has 4 N–H and O–H groups in total. The van der Waals surface area contributed by atoms with Crippen molar-refractivity contribution in [3.05, 3.63) is 71.8 Å². The van der Waals surface area contributed by atoms with Gasteiger partial charge in [0.25, 0.3) is 5.91 Å². The smallest absolute Gasteiger partial charge is 0.258 e. The van der Waals surface area contributed by atoms with Gasteiger partial charge in [-0.15, -0.1) is 0 Å². The van der Waals surface area contributed by atoms with Crippen LogP contribution in [0.3, 0.4) is 0 Å². The Morgan fingerprint density at radius 2 is 1.76 bits per heavy atom. The molecule has 2 saturated carbocycles. The van der Waals surface area contributed by atoms with Crippen LogP contribution in [-0.4, -0.2) is 35.2 Å². The fourth-order valence-corrected chi connectivity index (χ4v) is 6.51. The molecule has 5 nitrogen and oxygen atoms in total. The lowest BCUT2D eigenvalue weighted by atomic mass is 9.72. The number of carbonyl (C=O) groups excluding carboxylic acids is 1. The number of aliphatic hydroxyl groups is 1. The van der Waals surface area contributed by atoms with Crippen molar-refractivity contribution in [1.29, 1.82) is 0 Å². The quantitative estimate of drug-likeness (QED) is 0.539. The Bertz CT molecular complexity index is 946. The van der Waals surface area contributed by atoms with Crippen molar-refractivity contribution in [2.75, 3.05) is 13.1 Å². The van der Waals surface area contributed by atoms with Crippen molar-refractivity contribution in [2.24, 2.45) is 23.0 Å². The molecule has 176 valence electrons. The highest BCUT2D eigenvalue weighted by molar-refractivity contribution is 5.87. The van der Waals surface area contributed by atoms with Gasteiger partial charge >= 0.3 is 0 Å². The fraction of sp³-hybridized carbons (Fsp3) is 0.536. The molecule has 3 aliphatic rings. The molecule has 1 aliphatic heterocycles. The minimum absolute atomic E-state index is 0.0690. The van der Waals surface area contributed by atoms with Crippen molar-refractivity contribution in [1.82, 2.24) is 10.2 Å². The second-order valence-electron chi connectivity index (χ2n) is 10.7. The molecule has 0 spiro atoms. The maximum Gasteiger partial charge on any atom is 0.258 e. The zero-order valence-corrected chi connectivity index (χ0v) is 19.5. The van der Waals surface area contributed by atoms with E-state index in [1.54, 1.807) is 0 Å². The van der Waals surface area contributed by atoms with Crippen molar-refractivity contribution >= 4 is 5.91 Å². The number of likely N-dealkylation sites (tertiary alicyclic amines) is 1. The molecule has 5 rings (SSSR count). The molecule has 5 heteroatoms. The lowest BCUT2D eigenvalue weighted by molar-refractivity contribution is -0.150. The van der Waals surface area contributed by atoms with Gasteiger partial charge in [-0.05, 0) is 48.1 Å². The Morgan fingerprint density at radius 3 is 2.45 bits per heavy atom. The first-order valence-electron chi connectivity index (χ1n) is 12.6. The third-order valence-corrected chi connectivity index (χ3v) is 8.32. The second kappa shape index (κ2) is 9.21. The highest BCUT2D eigenvalue weighted by Crippen LogP contribution is 2.60. The number of hydrogen-bond donors (Lipinski definition) is 3. The van der Waals surface area contributed by atoms with Crippen LogP contribution >= 0.6 is 0 Å². The molecule has 2 aromatic carbocycles. The standard InChI is InChI=1S/C28H37N3O2/c29-25(17-27-16-24(27)19-31(20-27)18-21-10-4-1-5-11-21)30-26(32)28(33,22-12-6-2-7-13-22)23-14-8-3-9-15-23/h1-2,4-7,10-13,23-25,33H,3,8-9,14-20,29H2,(H,30,32). The number of piperidine rings is 1. The van der Waals surface area contributed by atoms with Gasteiger partial charge in [0.05, 0.1) is 6.17 Å². The maximum atomic E-state index is 13.5. The summed E-state index contributed by atoms with van der Waals surface area (Å²) in [6, 6.07) is 20.0. The first-order valence-corrected chi connectivity index (χ1v) is 12.6. The minimum atomic E-state index is -1.52. The van der Waals surface area contributed by atoms with Crippen molar-refractivity contribution in [3.8, 4) is 0 Å². The summed E-state index contributed by atoms with van der Waals surface area (Å²) in [4.78, 5) is 16.0. The number of nitrogens with zero attached hydrogens (tertiary/aromatic N) is 1. The van der Waals surface area contributed by atoms with Crippen LogP contribution in [0.4, 0.5) is 0 Å². The van der Waals surface area contributed by atoms with E-state index in [1.807, 2.05) is 30.3 Å². The number of benzene rings is 2. The van der Waals surface area contributed by atoms with Gasteiger partial charge in [-0.2, -0.15) is 0 Å². The number of amides is 1. The van der Waals surface area contributed by atoms with Crippen molar-refractivity contribution < 1.29 is 9.90 Å². The average molecular weight is 448 g/mol. The monoisotopic (exact) mass is 447 g/mol. The third-order valence-electron chi connectivity index (χ3n) is 8.32. The fourth-order valence-electron chi connectivity index (χ4n) is 6.51. The van der Waals surface area contributed by atoms with E-state index in [1.165, 1.54) is 18.4 Å². The van der Waals surface area contributed by atoms with Crippen LogP contribution in [0, 0.1) is 17.3 Å². The van der Waals surface area contributed by atoms with E-state index in [2.05, 4.69) is 40.5 Å². The van der Waals surface area contributed by atoms with Crippen LogP contribution < -0.4 is 11.1 Å². The molecule has 0 bridgehead atoms. The Morgan fingerprint density at radius 1 is 1.09 bits per heavy atom. The lowest BCUT2D eigenvalue weighted by Crippen LogP contribution is -2.55. The van der Waals surface area contributed by atoms with Gasteiger partial charge in [-0.3, -0.25) is 9.69 Å². The Balaban J connectivity index is 1.23. The number of rotatable bonds is 8. The normalized spacial score (nSPS) is 28.0. The number of nitrogens with one attached hydrogen (secondary N) is 1. The average Bonchev–Trinajstić information content (AvgIpc) is 3.38. The molecule has 1 amide bonds. The van der Waals surface area contributed by atoms with Crippen molar-refractivity contribution in [3.63, 3.8) is 0 Å². The zero-order chi connectivity index (χ0) is 22.9. The molecule has 4 atom stereocenters. The number of fused-ring (bicyclic) bond motifs is 1. The summed E-state index contributed by atoms with van der Waals surface area (Å²) in [5, 5.41) is 14.8. The van der Waals surface area contributed by atoms with Crippen LogP contribution in [0.1, 0.15) is 56.1 Å². The molecule has 0 aromatic heterocycles. The molecule has 0 radical (unpaired) electrons. The summed E-state index contributed by atoms with van der Waals surface area (Å²) in [7, 11) is 0. The predicted octanol–water partition coefficient (Wildman–Crippen LogP) is 3.77. The number of hydrogen-bond acceptors (Lipinski definition) is 4. The first kappa shape index (κ1) is 22.6. The van der Waals surface area contributed by atoms with Gasteiger partial charge in [0.15, 0.2) is 5.60 Å². The van der Waals surface area contributed by atoms with E-state index < -0.39 is 11.8 Å². The second-order valence-corrected chi connectivity index (χ2v) is 10.7. The highest BCUT2D eigenvalue weighted by Gasteiger charge is 2.60. The van der Waals surface area contributed by atoms with Crippen LogP contribution in [0.2, 0.25) is 0 Å². The van der Waals surface area contributed by atoms with E-state index in [9.17, 15) is 9.90 Å². The molecular weight excluding hydrogens is 410 g/mol. The van der Waals surface area contributed by atoms with Gasteiger partial charge in [0.2, 0.25) is 0 Å². The van der Waals surface area contributed by atoms with Gasteiger partial charge < -0.3 is 16.2 Å². The number of carbonyl (C=O) groups is 1. The molecule has 33 heavy (non-hydrogen) atoms. The summed E-state index contributed by atoms with van der Waals surface area (Å²) in [6.45, 7) is 3.10. The summed E-state index contributed by atoms with van der Waals surface area (Å²) >= 11 is 0. The Labute approximate surface area is 197 Å². The molecule has 2 aliphatic carbocycles. The highest BCUT2D eigenvalue weighted by atomic mass is 16.3. The first-order chi connectivity index (χ1) is 16.0. The molecule has 1 heterocycles. The summed E-state index contributed by atoms with van der Waals surface area (Å²) in [6.07, 6.45) is 6.53. The predicted molar refractivity (Wildman–Crippen MR) is 130 cm³/mol. The van der Waals surface area contributed by atoms with E-state index in [0.29, 0.717) is 11.5 Å². The lowest BCUT2D eigenvalue weighted by Gasteiger charge is -2.38. The van der Waals surface area contributed by atoms with Crippen LogP contribution in [-0.2, 0) is 16.9 Å². The van der Waals surface area contributed by atoms with Crippen molar-refractivity contribution in [2.45, 2.75) is 63.3 Å². The van der Waals surface area contributed by atoms with E-state index in [0.717, 1.165) is 51.7 Å². The van der Waals surface area contributed by atoms with E-state index in [-0.39, 0.29) is 17.2 Å². The zero-order valence-electron chi connectivity index (χ0n) is 19.5. The van der Waals surface area contributed by atoms with Gasteiger partial charge in [-0.1, -0.05) is 79.9 Å². The molecule has 1 saturated heterocycles. The largest absolute Gasteiger partial charge is 0.375 e. The maximum absolute atomic E-state index is 13.5. The Kier molecular flexibility index (Phi) is 6.30. The summed E-state index contributed by atoms with van der Waals surface area (Å²) in [5.41, 5.74) is 7.21. The van der Waals surface area contributed by atoms with Gasteiger partial charge in [-0.25, -0.2) is 0 Å². The molecule has 3 fully saturated rings. The van der Waals surface area contributed by atoms with Gasteiger partial charge in [0.1, 0.15) is 0 Å². The summed E-state index contributed by atoms with van der Waals surface area (Å²) < 4.78 is 0. The molecule has 2 aromatic rings. The van der Waals surface area contributed by atoms with Crippen LogP contribution in [0.15, 0.2) is 60.7 Å². The summed E-state index contributed by atoms with van der Waals surface area (Å²) in [5.74, 6) is 0.261. The van der Waals surface area contributed by atoms with Crippen LogP contribution in [0.5, 0.6) is 0 Å².